The molecule has 1 aromatic heterocycles. The lowest BCUT2D eigenvalue weighted by Gasteiger charge is -2.06. The lowest BCUT2D eigenvalue weighted by molar-refractivity contribution is 0.544. The van der Waals surface area contributed by atoms with Crippen molar-refractivity contribution in [2.45, 2.75) is 19.9 Å². The van der Waals surface area contributed by atoms with E-state index in [1.807, 2.05) is 0 Å². The monoisotopic (exact) mass is 179 g/mol. The fraction of sp³-hybridized carbons (Fsp3) is 0.375. The number of hydrogen-bond acceptors (Lipinski definition) is 3. The van der Waals surface area contributed by atoms with Crippen molar-refractivity contribution in [3.63, 3.8) is 0 Å². The molecule has 5 nitrogen and oxygen atoms in total. The van der Waals surface area contributed by atoms with Gasteiger partial charge >= 0.3 is 5.69 Å². The third kappa shape index (κ3) is 1.51. The molecule has 1 aromatic rings. The minimum absolute atomic E-state index is 0.0479. The Hall–Kier alpha value is -1.83. The molecule has 0 atom stereocenters. The number of aromatic amines is 1. The Morgan fingerprint density at radius 2 is 2.15 bits per heavy atom. The van der Waals surface area contributed by atoms with Gasteiger partial charge in [-0.25, -0.2) is 4.79 Å². The number of rotatable bonds is 1. The van der Waals surface area contributed by atoms with Crippen LogP contribution < -0.4 is 11.2 Å². The molecular weight excluding hydrogens is 170 g/mol. The van der Waals surface area contributed by atoms with Gasteiger partial charge in [-0.3, -0.25) is 9.36 Å². The van der Waals surface area contributed by atoms with Crippen molar-refractivity contribution in [1.82, 2.24) is 9.55 Å². The summed E-state index contributed by atoms with van der Waals surface area (Å²) in [5.41, 5.74) is -1.08. The normalized spacial score (nSPS) is 10.0. The van der Waals surface area contributed by atoms with Gasteiger partial charge in [-0.15, -0.1) is 0 Å². The van der Waals surface area contributed by atoms with Crippen LogP contribution in [0, 0.1) is 11.3 Å². The van der Waals surface area contributed by atoms with Gasteiger partial charge in [0.05, 0.1) is 0 Å². The van der Waals surface area contributed by atoms with Crippen LogP contribution in [0.15, 0.2) is 15.8 Å². The Balaban J connectivity index is 3.61. The molecule has 0 unspecified atom stereocenters. The van der Waals surface area contributed by atoms with E-state index in [-0.39, 0.29) is 11.6 Å². The van der Waals surface area contributed by atoms with Crippen LogP contribution in [0.5, 0.6) is 0 Å². The highest BCUT2D eigenvalue weighted by atomic mass is 16.2. The van der Waals surface area contributed by atoms with Crippen LogP contribution in [0.2, 0.25) is 0 Å². The minimum Gasteiger partial charge on any atom is -0.313 e. The van der Waals surface area contributed by atoms with E-state index in [0.717, 1.165) is 10.8 Å². The highest BCUT2D eigenvalue weighted by Gasteiger charge is 2.08. The van der Waals surface area contributed by atoms with Crippen LogP contribution in [-0.2, 0) is 0 Å². The summed E-state index contributed by atoms with van der Waals surface area (Å²) in [6.45, 7) is 3.41. The molecule has 0 saturated heterocycles. The summed E-state index contributed by atoms with van der Waals surface area (Å²) in [5, 5.41) is 8.53. The minimum atomic E-state index is -0.541. The lowest BCUT2D eigenvalue weighted by atomic mass is 10.3. The van der Waals surface area contributed by atoms with Crippen LogP contribution in [0.4, 0.5) is 0 Å². The van der Waals surface area contributed by atoms with E-state index in [1.165, 1.54) is 0 Å². The molecule has 0 saturated carbocycles. The number of nitriles is 1. The van der Waals surface area contributed by atoms with E-state index < -0.39 is 11.2 Å². The van der Waals surface area contributed by atoms with Crippen LogP contribution in [0.3, 0.4) is 0 Å². The largest absolute Gasteiger partial charge is 0.328 e. The molecule has 68 valence electrons. The second-order valence-corrected chi connectivity index (χ2v) is 2.89. The highest BCUT2D eigenvalue weighted by Crippen LogP contribution is 1.94. The summed E-state index contributed by atoms with van der Waals surface area (Å²) in [6.07, 6.45) is 1.13. The highest BCUT2D eigenvalue weighted by molar-refractivity contribution is 5.21. The van der Waals surface area contributed by atoms with Gasteiger partial charge in [0.15, 0.2) is 0 Å². The summed E-state index contributed by atoms with van der Waals surface area (Å²) < 4.78 is 1.01. The van der Waals surface area contributed by atoms with Gasteiger partial charge in [0.25, 0.3) is 5.56 Å². The molecule has 0 radical (unpaired) electrons. The average molecular weight is 179 g/mol. The molecule has 1 N–H and O–H groups in total. The first-order valence-corrected chi connectivity index (χ1v) is 3.82. The van der Waals surface area contributed by atoms with Gasteiger partial charge in [-0.1, -0.05) is 0 Å². The fourth-order valence-electron chi connectivity index (χ4n) is 1.04. The second kappa shape index (κ2) is 3.27. The Kier molecular flexibility index (Phi) is 2.33. The molecule has 0 aliphatic rings. The van der Waals surface area contributed by atoms with E-state index >= 15 is 0 Å². The summed E-state index contributed by atoms with van der Waals surface area (Å²) in [5.74, 6) is 0. The molecule has 0 aliphatic carbocycles. The second-order valence-electron chi connectivity index (χ2n) is 2.89. The van der Waals surface area contributed by atoms with E-state index in [2.05, 4.69) is 4.98 Å². The standard InChI is InChI=1S/C8H9N3O2/c1-5(2)11-7(12)6(3-9)4-10-8(11)13/h4-5H,1-2H3,(H,10,13). The molecule has 0 aliphatic heterocycles. The molecule has 1 rings (SSSR count). The van der Waals surface area contributed by atoms with Crippen LogP contribution in [-0.4, -0.2) is 9.55 Å². The zero-order chi connectivity index (χ0) is 10.0. The molecule has 0 aromatic carbocycles. The fourth-order valence-corrected chi connectivity index (χ4v) is 1.04. The SMILES string of the molecule is CC(C)n1c(=O)[nH]cc(C#N)c1=O. The van der Waals surface area contributed by atoms with Gasteiger partial charge < -0.3 is 4.98 Å². The quantitative estimate of drug-likeness (QED) is 0.658. The number of hydrogen-bond donors (Lipinski definition) is 1. The first-order chi connectivity index (χ1) is 6.07. The molecule has 0 amide bonds. The Bertz CT molecular complexity index is 462. The molecule has 0 bridgehead atoms. The van der Waals surface area contributed by atoms with Crippen molar-refractivity contribution in [3.05, 3.63) is 32.6 Å². The third-order valence-electron chi connectivity index (χ3n) is 1.64. The van der Waals surface area contributed by atoms with E-state index in [0.29, 0.717) is 0 Å². The van der Waals surface area contributed by atoms with Crippen LogP contribution in [0.1, 0.15) is 25.5 Å². The smallest absolute Gasteiger partial charge is 0.313 e. The molecule has 5 heteroatoms. The van der Waals surface area contributed by atoms with Crippen LogP contribution in [0.25, 0.3) is 0 Å². The predicted molar refractivity (Wildman–Crippen MR) is 46.4 cm³/mol. The maximum absolute atomic E-state index is 11.4. The maximum Gasteiger partial charge on any atom is 0.328 e. The maximum atomic E-state index is 11.4. The topological polar surface area (TPSA) is 78.7 Å². The van der Waals surface area contributed by atoms with Gasteiger partial charge in [0.2, 0.25) is 0 Å². The van der Waals surface area contributed by atoms with Gasteiger partial charge in [0, 0.05) is 12.2 Å². The average Bonchev–Trinajstić information content (AvgIpc) is 2.04. The molecule has 0 spiro atoms. The number of nitrogens with one attached hydrogen (secondary N) is 1. The molecular formula is C8H9N3O2. The molecule has 13 heavy (non-hydrogen) atoms. The van der Waals surface area contributed by atoms with Crippen molar-refractivity contribution in [3.8, 4) is 6.07 Å². The Labute approximate surface area is 74.3 Å². The summed E-state index contributed by atoms with van der Waals surface area (Å²) in [4.78, 5) is 24.9. The zero-order valence-electron chi connectivity index (χ0n) is 7.37. The summed E-state index contributed by atoms with van der Waals surface area (Å²) in [6, 6.07) is 1.47. The first kappa shape index (κ1) is 9.26. The molecule has 0 fully saturated rings. The number of H-pyrrole nitrogens is 1. The predicted octanol–water partition coefficient (Wildman–Crippen LogP) is -0.0108. The van der Waals surface area contributed by atoms with Gasteiger partial charge in [0.1, 0.15) is 11.6 Å². The van der Waals surface area contributed by atoms with Crippen LogP contribution >= 0.6 is 0 Å². The zero-order valence-corrected chi connectivity index (χ0v) is 7.37. The van der Waals surface area contributed by atoms with E-state index in [9.17, 15) is 9.59 Å². The van der Waals surface area contributed by atoms with E-state index in [1.54, 1.807) is 19.9 Å². The number of aromatic nitrogens is 2. The molecule has 1 heterocycles. The summed E-state index contributed by atoms with van der Waals surface area (Å²) >= 11 is 0. The number of nitrogens with zero attached hydrogens (tertiary/aromatic N) is 2. The lowest BCUT2D eigenvalue weighted by Crippen LogP contribution is -2.37. The van der Waals surface area contributed by atoms with Gasteiger partial charge in [-0.2, -0.15) is 5.26 Å². The van der Waals surface area contributed by atoms with Crippen molar-refractivity contribution in [1.29, 1.82) is 5.26 Å². The van der Waals surface area contributed by atoms with Crippen molar-refractivity contribution < 1.29 is 0 Å². The van der Waals surface area contributed by atoms with Gasteiger partial charge in [-0.05, 0) is 13.8 Å². The first-order valence-electron chi connectivity index (χ1n) is 3.82. The Morgan fingerprint density at radius 3 is 2.62 bits per heavy atom. The van der Waals surface area contributed by atoms with E-state index in [4.69, 9.17) is 5.26 Å². The van der Waals surface area contributed by atoms with Crippen molar-refractivity contribution in [2.24, 2.45) is 0 Å². The Morgan fingerprint density at radius 1 is 1.54 bits per heavy atom. The third-order valence-corrected chi connectivity index (χ3v) is 1.64. The van der Waals surface area contributed by atoms with Crippen molar-refractivity contribution in [2.75, 3.05) is 0 Å². The summed E-state index contributed by atoms with van der Waals surface area (Å²) in [7, 11) is 0. The van der Waals surface area contributed by atoms with Crippen molar-refractivity contribution >= 4 is 0 Å².